The van der Waals surface area contributed by atoms with E-state index in [9.17, 15) is 4.79 Å². The Morgan fingerprint density at radius 3 is 2.84 bits per heavy atom. The van der Waals surface area contributed by atoms with Crippen LogP contribution in [-0.4, -0.2) is 34.2 Å². The van der Waals surface area contributed by atoms with E-state index in [0.717, 1.165) is 18.4 Å². The fraction of sp³-hybridized carbons (Fsp3) is 0.714. The van der Waals surface area contributed by atoms with Crippen molar-refractivity contribution in [2.45, 2.75) is 25.7 Å². The van der Waals surface area contributed by atoms with E-state index in [1.54, 1.807) is 17.9 Å². The molecule has 2 N–H and O–H groups in total. The molecule has 3 rings (SSSR count). The molecule has 1 aromatic heterocycles. The Bertz CT molecular complexity index is 496. The Morgan fingerprint density at radius 2 is 2.32 bits per heavy atom. The third kappa shape index (κ3) is 2.11. The van der Waals surface area contributed by atoms with Crippen molar-refractivity contribution in [1.82, 2.24) is 14.7 Å². The van der Waals surface area contributed by atoms with E-state index >= 15 is 0 Å². The highest BCUT2D eigenvalue weighted by Gasteiger charge is 2.40. The van der Waals surface area contributed by atoms with E-state index < -0.39 is 0 Å². The summed E-state index contributed by atoms with van der Waals surface area (Å²) in [6, 6.07) is 0. The average molecular weight is 262 g/mol. The van der Waals surface area contributed by atoms with Gasteiger partial charge in [0.2, 0.25) is 0 Å². The molecule has 3 atom stereocenters. The molecule has 5 heteroatoms. The van der Waals surface area contributed by atoms with Gasteiger partial charge in [-0.2, -0.15) is 5.10 Å². The number of nitrogen functional groups attached to an aromatic ring is 1. The molecule has 5 nitrogen and oxygen atoms in total. The predicted molar refractivity (Wildman–Crippen MR) is 73.5 cm³/mol. The maximum absolute atomic E-state index is 12.4. The summed E-state index contributed by atoms with van der Waals surface area (Å²) in [5.41, 5.74) is 6.38. The number of amides is 1. The highest BCUT2D eigenvalue weighted by molar-refractivity contribution is 5.98. The molecule has 0 spiro atoms. The van der Waals surface area contributed by atoms with Gasteiger partial charge in [-0.15, -0.1) is 0 Å². The Balaban J connectivity index is 1.65. The maximum Gasteiger partial charge on any atom is 0.258 e. The first-order chi connectivity index (χ1) is 9.06. The topological polar surface area (TPSA) is 64.2 Å². The molecule has 1 heterocycles. The molecule has 3 unspecified atom stereocenters. The number of fused-ring (bicyclic) bond motifs is 2. The van der Waals surface area contributed by atoms with Gasteiger partial charge >= 0.3 is 0 Å². The van der Waals surface area contributed by atoms with Crippen LogP contribution in [0.1, 0.15) is 36.0 Å². The summed E-state index contributed by atoms with van der Waals surface area (Å²) in [6.07, 6.45) is 6.99. The van der Waals surface area contributed by atoms with Gasteiger partial charge in [0, 0.05) is 20.6 Å². The molecule has 0 saturated heterocycles. The summed E-state index contributed by atoms with van der Waals surface area (Å²) in [5.74, 6) is 2.89. The molecule has 2 saturated carbocycles. The van der Waals surface area contributed by atoms with Crippen molar-refractivity contribution >= 4 is 11.7 Å². The number of hydrogen-bond acceptors (Lipinski definition) is 3. The van der Waals surface area contributed by atoms with Gasteiger partial charge in [0.1, 0.15) is 11.4 Å². The molecule has 1 amide bonds. The van der Waals surface area contributed by atoms with E-state index in [0.29, 0.717) is 17.3 Å². The third-order valence-corrected chi connectivity index (χ3v) is 4.95. The van der Waals surface area contributed by atoms with Crippen LogP contribution < -0.4 is 5.73 Å². The Hall–Kier alpha value is -1.52. The Labute approximate surface area is 113 Å². The van der Waals surface area contributed by atoms with Gasteiger partial charge in [0.15, 0.2) is 0 Å². The summed E-state index contributed by atoms with van der Waals surface area (Å²) in [5, 5.41) is 4.03. The van der Waals surface area contributed by atoms with E-state index in [2.05, 4.69) is 5.10 Å². The number of nitrogens with two attached hydrogens (primary N) is 1. The third-order valence-electron chi connectivity index (χ3n) is 4.95. The fourth-order valence-electron chi connectivity index (χ4n) is 3.85. The van der Waals surface area contributed by atoms with Gasteiger partial charge in [-0.05, 0) is 37.0 Å². The standard InChI is InChI=1S/C14H22N4O/c1-17(8-11-6-9-3-4-10(11)5-9)14(19)12-7-16-18(2)13(12)15/h7,9-11H,3-6,8,15H2,1-2H3. The quantitative estimate of drug-likeness (QED) is 0.898. The zero-order chi connectivity index (χ0) is 13.6. The van der Waals surface area contributed by atoms with Gasteiger partial charge in [-0.1, -0.05) is 6.42 Å². The van der Waals surface area contributed by atoms with Crippen molar-refractivity contribution in [1.29, 1.82) is 0 Å². The van der Waals surface area contributed by atoms with Crippen molar-refractivity contribution in [2.75, 3.05) is 19.3 Å². The van der Waals surface area contributed by atoms with Crippen LogP contribution in [-0.2, 0) is 7.05 Å². The molecule has 0 aromatic carbocycles. The normalized spacial score (nSPS) is 28.8. The van der Waals surface area contributed by atoms with Crippen LogP contribution in [0, 0.1) is 17.8 Å². The number of hydrogen-bond donors (Lipinski definition) is 1. The second-order valence-electron chi connectivity index (χ2n) is 6.19. The van der Waals surface area contributed by atoms with Crippen molar-refractivity contribution in [3.8, 4) is 0 Å². The van der Waals surface area contributed by atoms with Crippen LogP contribution in [0.15, 0.2) is 6.20 Å². The lowest BCUT2D eigenvalue weighted by Gasteiger charge is -2.27. The molecule has 2 aliphatic carbocycles. The Morgan fingerprint density at radius 1 is 1.53 bits per heavy atom. The summed E-state index contributed by atoms with van der Waals surface area (Å²) >= 11 is 0. The van der Waals surface area contributed by atoms with Crippen LogP contribution in [0.2, 0.25) is 0 Å². The number of anilines is 1. The lowest BCUT2D eigenvalue weighted by Crippen LogP contribution is -2.34. The first-order valence-electron chi connectivity index (χ1n) is 7.09. The van der Waals surface area contributed by atoms with Gasteiger partial charge < -0.3 is 10.6 Å². The van der Waals surface area contributed by atoms with Gasteiger partial charge in [0.05, 0.1) is 6.20 Å². The second-order valence-corrected chi connectivity index (χ2v) is 6.19. The number of carbonyl (C=O) groups excluding carboxylic acids is 1. The predicted octanol–water partition coefficient (Wildman–Crippen LogP) is 1.51. The van der Waals surface area contributed by atoms with Crippen molar-refractivity contribution in [3.63, 3.8) is 0 Å². The monoisotopic (exact) mass is 262 g/mol. The number of aryl methyl sites for hydroxylation is 1. The van der Waals surface area contributed by atoms with Gasteiger partial charge in [-0.3, -0.25) is 9.48 Å². The number of rotatable bonds is 3. The van der Waals surface area contributed by atoms with E-state index in [4.69, 9.17) is 5.73 Å². The molecule has 0 radical (unpaired) electrons. The summed E-state index contributed by atoms with van der Waals surface area (Å²) < 4.78 is 1.54. The molecule has 1 aromatic rings. The second kappa shape index (κ2) is 4.54. The molecular weight excluding hydrogens is 240 g/mol. The first kappa shape index (κ1) is 12.5. The van der Waals surface area contributed by atoms with Crippen LogP contribution in [0.5, 0.6) is 0 Å². The van der Waals surface area contributed by atoms with E-state index in [1.165, 1.54) is 25.7 Å². The summed E-state index contributed by atoms with van der Waals surface area (Å²) in [4.78, 5) is 14.2. The minimum Gasteiger partial charge on any atom is -0.383 e. The lowest BCUT2D eigenvalue weighted by atomic mass is 9.88. The highest BCUT2D eigenvalue weighted by Crippen LogP contribution is 2.48. The minimum absolute atomic E-state index is 0.00614. The molecule has 0 aliphatic heterocycles. The Kier molecular flexibility index (Phi) is 2.99. The van der Waals surface area contributed by atoms with Gasteiger partial charge in [-0.25, -0.2) is 0 Å². The van der Waals surface area contributed by atoms with Crippen LogP contribution in [0.3, 0.4) is 0 Å². The van der Waals surface area contributed by atoms with E-state index in [1.807, 2.05) is 11.9 Å². The van der Waals surface area contributed by atoms with Crippen molar-refractivity contribution in [2.24, 2.45) is 24.8 Å². The van der Waals surface area contributed by atoms with E-state index in [-0.39, 0.29) is 5.91 Å². The average Bonchev–Trinajstić information content (AvgIpc) is 3.07. The maximum atomic E-state index is 12.4. The van der Waals surface area contributed by atoms with Crippen molar-refractivity contribution < 1.29 is 4.79 Å². The molecule has 2 bridgehead atoms. The lowest BCUT2D eigenvalue weighted by molar-refractivity contribution is 0.0755. The zero-order valence-corrected chi connectivity index (χ0v) is 11.7. The zero-order valence-electron chi connectivity index (χ0n) is 11.7. The molecule has 2 fully saturated rings. The summed E-state index contributed by atoms with van der Waals surface area (Å²) in [6.45, 7) is 0.855. The molecule has 19 heavy (non-hydrogen) atoms. The van der Waals surface area contributed by atoms with Crippen LogP contribution >= 0.6 is 0 Å². The highest BCUT2D eigenvalue weighted by atomic mass is 16.2. The largest absolute Gasteiger partial charge is 0.383 e. The number of aromatic nitrogens is 2. The van der Waals surface area contributed by atoms with Crippen LogP contribution in [0.4, 0.5) is 5.82 Å². The fourth-order valence-corrected chi connectivity index (χ4v) is 3.85. The number of nitrogens with zero attached hydrogens (tertiary/aromatic N) is 3. The summed E-state index contributed by atoms with van der Waals surface area (Å²) in [7, 11) is 3.63. The number of carbonyl (C=O) groups is 1. The van der Waals surface area contributed by atoms with Crippen LogP contribution in [0.25, 0.3) is 0 Å². The first-order valence-corrected chi connectivity index (χ1v) is 7.09. The van der Waals surface area contributed by atoms with Gasteiger partial charge in [0.25, 0.3) is 5.91 Å². The molecular formula is C14H22N4O. The van der Waals surface area contributed by atoms with Crippen molar-refractivity contribution in [3.05, 3.63) is 11.8 Å². The molecule has 104 valence electrons. The minimum atomic E-state index is -0.00614. The SMILES string of the molecule is CN(CC1CC2CCC1C2)C(=O)c1cnn(C)c1N. The smallest absolute Gasteiger partial charge is 0.258 e. The molecule has 2 aliphatic rings.